The SMILES string of the molecule is O=C(Nc1ccc(Cl)cc1)[C@@H]1[C@@H]2C(=O)N(c3ccc4c(c3)OCO4)C(=O)[C@@H]2[C@@H]2C=Cc3ccccc3N12. The Labute approximate surface area is 217 Å². The highest BCUT2D eigenvalue weighted by Crippen LogP contribution is 2.50. The maximum absolute atomic E-state index is 14.0. The number of para-hydroxylation sites is 1. The molecular formula is C28H20ClN3O5. The average Bonchev–Trinajstić information content (AvgIpc) is 3.58. The van der Waals surface area contributed by atoms with Crippen LogP contribution in [0.3, 0.4) is 0 Å². The lowest BCUT2D eigenvalue weighted by atomic mass is 9.88. The van der Waals surface area contributed by atoms with Crippen LogP contribution in [0.15, 0.2) is 72.8 Å². The van der Waals surface area contributed by atoms with Gasteiger partial charge in [0.15, 0.2) is 11.5 Å². The first-order valence-corrected chi connectivity index (χ1v) is 12.3. The number of halogens is 1. The van der Waals surface area contributed by atoms with Gasteiger partial charge in [-0.15, -0.1) is 0 Å². The Balaban J connectivity index is 1.30. The van der Waals surface area contributed by atoms with Gasteiger partial charge in [-0.05, 0) is 48.0 Å². The molecule has 2 fully saturated rings. The number of rotatable bonds is 3. The van der Waals surface area contributed by atoms with Crippen LogP contribution in [-0.4, -0.2) is 36.6 Å². The molecule has 0 saturated carbocycles. The van der Waals surface area contributed by atoms with Gasteiger partial charge in [0, 0.05) is 22.5 Å². The van der Waals surface area contributed by atoms with E-state index in [-0.39, 0.29) is 18.6 Å². The quantitative estimate of drug-likeness (QED) is 0.531. The van der Waals surface area contributed by atoms with Gasteiger partial charge >= 0.3 is 0 Å². The molecule has 0 radical (unpaired) electrons. The van der Waals surface area contributed by atoms with Gasteiger partial charge in [0.2, 0.25) is 24.5 Å². The maximum atomic E-state index is 14.0. The number of imide groups is 1. The number of benzene rings is 3. The Bertz CT molecular complexity index is 1500. The number of hydrogen-bond acceptors (Lipinski definition) is 6. The zero-order valence-corrected chi connectivity index (χ0v) is 20.1. The minimum atomic E-state index is -0.896. The number of nitrogens with one attached hydrogen (secondary N) is 1. The lowest BCUT2D eigenvalue weighted by Gasteiger charge is -2.36. The third kappa shape index (κ3) is 3.25. The molecule has 3 amide bonds. The Morgan fingerprint density at radius 2 is 1.68 bits per heavy atom. The van der Waals surface area contributed by atoms with Gasteiger partial charge < -0.3 is 19.7 Å². The predicted molar refractivity (Wildman–Crippen MR) is 138 cm³/mol. The standard InChI is InChI=1S/C28H20ClN3O5/c29-16-6-8-17(9-7-16)30-26(33)25-24-23(20-11-5-15-3-1-2-4-19(15)32(20)25)27(34)31(28(24)35)18-10-12-21-22(13-18)37-14-36-21/h1-13,20,23-25H,14H2,(H,30,33)/t20-,23+,24+,25-/m0/s1. The zero-order chi connectivity index (χ0) is 25.3. The highest BCUT2D eigenvalue weighted by molar-refractivity contribution is 6.30. The fourth-order valence-electron chi connectivity index (χ4n) is 5.84. The van der Waals surface area contributed by atoms with E-state index in [0.29, 0.717) is 27.9 Å². The molecule has 7 rings (SSSR count). The zero-order valence-electron chi connectivity index (χ0n) is 19.3. The van der Waals surface area contributed by atoms with Crippen LogP contribution < -0.4 is 24.6 Å². The summed E-state index contributed by atoms with van der Waals surface area (Å²) >= 11 is 6.01. The Hall–Kier alpha value is -4.30. The number of fused-ring (bicyclic) bond motifs is 6. The smallest absolute Gasteiger partial charge is 0.247 e. The second kappa shape index (κ2) is 8.11. The van der Waals surface area contributed by atoms with Gasteiger partial charge in [0.25, 0.3) is 0 Å². The maximum Gasteiger partial charge on any atom is 0.247 e. The van der Waals surface area contributed by atoms with E-state index in [2.05, 4.69) is 5.32 Å². The summed E-state index contributed by atoms with van der Waals surface area (Å²) in [5.74, 6) is -1.67. The predicted octanol–water partition coefficient (Wildman–Crippen LogP) is 4.10. The normalized spacial score (nSPS) is 24.7. The first kappa shape index (κ1) is 21.9. The van der Waals surface area contributed by atoms with E-state index in [4.69, 9.17) is 21.1 Å². The molecule has 2 saturated heterocycles. The summed E-state index contributed by atoms with van der Waals surface area (Å²) < 4.78 is 10.8. The van der Waals surface area contributed by atoms with Crippen LogP contribution in [-0.2, 0) is 14.4 Å². The molecule has 4 aliphatic rings. The first-order chi connectivity index (χ1) is 18.0. The molecule has 1 N–H and O–H groups in total. The Morgan fingerprint density at radius 1 is 0.919 bits per heavy atom. The van der Waals surface area contributed by atoms with Crippen molar-refractivity contribution < 1.29 is 23.9 Å². The van der Waals surface area contributed by atoms with Crippen molar-refractivity contribution in [3.05, 3.63) is 83.4 Å². The van der Waals surface area contributed by atoms with Gasteiger partial charge in [-0.2, -0.15) is 0 Å². The second-order valence-corrected chi connectivity index (χ2v) is 9.79. The number of anilines is 3. The number of ether oxygens (including phenoxy) is 2. The van der Waals surface area contributed by atoms with Crippen molar-refractivity contribution >= 4 is 52.5 Å². The molecule has 3 aromatic rings. The molecule has 0 aromatic heterocycles. The van der Waals surface area contributed by atoms with Crippen molar-refractivity contribution in [2.45, 2.75) is 12.1 Å². The fraction of sp³-hybridized carbons (Fsp3) is 0.179. The van der Waals surface area contributed by atoms with E-state index in [1.54, 1.807) is 42.5 Å². The summed E-state index contributed by atoms with van der Waals surface area (Å²) in [6.07, 6.45) is 3.87. The van der Waals surface area contributed by atoms with Gasteiger partial charge in [-0.25, -0.2) is 4.90 Å². The van der Waals surface area contributed by atoms with Crippen LogP contribution in [0.5, 0.6) is 11.5 Å². The molecule has 0 unspecified atom stereocenters. The number of carbonyl (C=O) groups excluding carboxylic acids is 3. The molecule has 0 spiro atoms. The van der Waals surface area contributed by atoms with Crippen molar-refractivity contribution in [3.8, 4) is 11.5 Å². The number of hydrogen-bond donors (Lipinski definition) is 1. The van der Waals surface area contributed by atoms with Crippen LogP contribution in [0.1, 0.15) is 5.56 Å². The molecule has 184 valence electrons. The molecular weight excluding hydrogens is 494 g/mol. The van der Waals surface area contributed by atoms with Crippen LogP contribution >= 0.6 is 11.6 Å². The van der Waals surface area contributed by atoms with Crippen molar-refractivity contribution in [1.29, 1.82) is 0 Å². The van der Waals surface area contributed by atoms with E-state index in [1.807, 2.05) is 41.3 Å². The molecule has 4 atom stereocenters. The summed E-state index contributed by atoms with van der Waals surface area (Å²) in [5, 5.41) is 3.48. The summed E-state index contributed by atoms with van der Waals surface area (Å²) in [5.41, 5.74) is 2.70. The fourth-order valence-corrected chi connectivity index (χ4v) is 5.97. The van der Waals surface area contributed by atoms with Gasteiger partial charge in [0.1, 0.15) is 6.04 Å². The summed E-state index contributed by atoms with van der Waals surface area (Å²) in [7, 11) is 0. The van der Waals surface area contributed by atoms with Crippen LogP contribution in [0, 0.1) is 11.8 Å². The lowest BCUT2D eigenvalue weighted by molar-refractivity contribution is -0.126. The Morgan fingerprint density at radius 3 is 2.51 bits per heavy atom. The van der Waals surface area contributed by atoms with E-state index < -0.39 is 29.8 Å². The lowest BCUT2D eigenvalue weighted by Crippen LogP contribution is -2.50. The summed E-state index contributed by atoms with van der Waals surface area (Å²) in [4.78, 5) is 44.7. The number of amides is 3. The molecule has 37 heavy (non-hydrogen) atoms. The monoisotopic (exact) mass is 513 g/mol. The molecule has 4 aliphatic heterocycles. The van der Waals surface area contributed by atoms with Crippen molar-refractivity contribution in [2.75, 3.05) is 21.9 Å². The van der Waals surface area contributed by atoms with E-state index in [0.717, 1.165) is 11.3 Å². The van der Waals surface area contributed by atoms with Gasteiger partial charge in [-0.1, -0.05) is 42.0 Å². The third-order valence-electron chi connectivity index (χ3n) is 7.41. The summed E-state index contributed by atoms with van der Waals surface area (Å²) in [6.45, 7) is 0.0834. The van der Waals surface area contributed by atoms with Crippen LogP contribution in [0.4, 0.5) is 17.1 Å². The average molecular weight is 514 g/mol. The number of nitrogens with zero attached hydrogens (tertiary/aromatic N) is 2. The minimum absolute atomic E-state index is 0.0834. The highest BCUT2D eigenvalue weighted by atomic mass is 35.5. The third-order valence-corrected chi connectivity index (χ3v) is 7.66. The van der Waals surface area contributed by atoms with E-state index in [9.17, 15) is 14.4 Å². The Kier molecular flexibility index (Phi) is 4.81. The first-order valence-electron chi connectivity index (χ1n) is 11.9. The summed E-state index contributed by atoms with van der Waals surface area (Å²) in [6, 6.07) is 18.1. The molecule has 0 bridgehead atoms. The molecule has 0 aliphatic carbocycles. The topological polar surface area (TPSA) is 88.2 Å². The van der Waals surface area contributed by atoms with Gasteiger partial charge in [-0.3, -0.25) is 14.4 Å². The molecule has 3 aromatic carbocycles. The second-order valence-electron chi connectivity index (χ2n) is 9.36. The molecule has 8 nitrogen and oxygen atoms in total. The number of carbonyl (C=O) groups is 3. The van der Waals surface area contributed by atoms with Gasteiger partial charge in [0.05, 0.1) is 23.6 Å². The highest BCUT2D eigenvalue weighted by Gasteiger charge is 2.64. The minimum Gasteiger partial charge on any atom is -0.454 e. The van der Waals surface area contributed by atoms with Crippen molar-refractivity contribution in [3.63, 3.8) is 0 Å². The largest absolute Gasteiger partial charge is 0.454 e. The molecule has 9 heteroatoms. The van der Waals surface area contributed by atoms with E-state index >= 15 is 0 Å². The van der Waals surface area contributed by atoms with Crippen LogP contribution in [0.2, 0.25) is 5.02 Å². The van der Waals surface area contributed by atoms with Crippen molar-refractivity contribution in [2.24, 2.45) is 11.8 Å². The molecule has 4 heterocycles. The van der Waals surface area contributed by atoms with Crippen molar-refractivity contribution in [1.82, 2.24) is 0 Å². The van der Waals surface area contributed by atoms with E-state index in [1.165, 1.54) is 4.90 Å². The van der Waals surface area contributed by atoms with Crippen LogP contribution in [0.25, 0.3) is 6.08 Å².